The molecule has 0 spiro atoms. The Bertz CT molecular complexity index is 1310. The van der Waals surface area contributed by atoms with Crippen molar-refractivity contribution >= 4 is 40.0 Å². The Balaban J connectivity index is 1.33. The molecule has 0 bridgehead atoms. The zero-order valence-electron chi connectivity index (χ0n) is 21.3. The van der Waals surface area contributed by atoms with Crippen molar-refractivity contribution in [3.05, 3.63) is 81.7 Å². The molecule has 1 amide bonds. The minimum Gasteiger partial charge on any atom is -0.497 e. The average molecular weight is 536 g/mol. The van der Waals surface area contributed by atoms with Crippen molar-refractivity contribution in [2.24, 2.45) is 0 Å². The highest BCUT2D eigenvalue weighted by Crippen LogP contribution is 2.42. The summed E-state index contributed by atoms with van der Waals surface area (Å²) in [7, 11) is 2.84. The predicted octanol–water partition coefficient (Wildman–Crippen LogP) is 4.96. The van der Waals surface area contributed by atoms with Gasteiger partial charge >= 0.3 is 11.9 Å². The number of rotatable bonds is 10. The van der Waals surface area contributed by atoms with Crippen molar-refractivity contribution in [2.75, 3.05) is 26.1 Å². The second-order valence-electron chi connectivity index (χ2n) is 8.91. The number of esters is 2. The van der Waals surface area contributed by atoms with Gasteiger partial charge in [-0.15, -0.1) is 11.3 Å². The Morgan fingerprint density at radius 1 is 0.974 bits per heavy atom. The molecular formula is C29H29NO7S. The average Bonchev–Trinajstić information content (AvgIpc) is 3.31. The van der Waals surface area contributed by atoms with E-state index in [1.165, 1.54) is 31.1 Å². The standard InChI is InChI=1S/C29H29NO7S/c1-35-21-11-8-19(9-12-21)23(31)17-37-26(33)15-14-25(32)30-28-27(29(34)36-2)22-13-10-20(16-24(22)38-28)18-6-4-3-5-7-18/h3-9,11-12,20H,10,13-17H2,1-2H3,(H,30,32)/t20-/m1/s1. The van der Waals surface area contributed by atoms with Crippen molar-refractivity contribution in [3.8, 4) is 5.75 Å². The van der Waals surface area contributed by atoms with Crippen molar-refractivity contribution in [3.63, 3.8) is 0 Å². The molecule has 1 heterocycles. The molecule has 3 aromatic rings. The minimum atomic E-state index is -0.661. The van der Waals surface area contributed by atoms with Crippen LogP contribution >= 0.6 is 11.3 Å². The number of Topliss-reactive ketones (excluding diaryl/α,β-unsaturated/α-hetero) is 1. The lowest BCUT2D eigenvalue weighted by atomic mass is 9.83. The van der Waals surface area contributed by atoms with E-state index in [1.807, 2.05) is 18.2 Å². The van der Waals surface area contributed by atoms with Gasteiger partial charge in [0.15, 0.2) is 12.4 Å². The molecule has 1 aliphatic rings. The summed E-state index contributed by atoms with van der Waals surface area (Å²) >= 11 is 1.38. The van der Waals surface area contributed by atoms with Crippen molar-refractivity contribution in [1.82, 2.24) is 0 Å². The molecule has 1 N–H and O–H groups in total. The van der Waals surface area contributed by atoms with E-state index < -0.39 is 24.5 Å². The van der Waals surface area contributed by atoms with E-state index in [0.29, 0.717) is 34.2 Å². The first kappa shape index (κ1) is 27.1. The first-order valence-corrected chi connectivity index (χ1v) is 13.1. The molecule has 0 radical (unpaired) electrons. The fraction of sp³-hybridized carbons (Fsp3) is 0.310. The summed E-state index contributed by atoms with van der Waals surface area (Å²) in [6.45, 7) is -0.417. The van der Waals surface area contributed by atoms with Gasteiger partial charge in [0.25, 0.3) is 0 Å². The highest BCUT2D eigenvalue weighted by atomic mass is 32.1. The van der Waals surface area contributed by atoms with Gasteiger partial charge in [-0.1, -0.05) is 30.3 Å². The van der Waals surface area contributed by atoms with Crippen LogP contribution in [0.5, 0.6) is 5.75 Å². The van der Waals surface area contributed by atoms with Crippen LogP contribution in [0.15, 0.2) is 54.6 Å². The number of fused-ring (bicyclic) bond motifs is 1. The second-order valence-corrected chi connectivity index (χ2v) is 10.0. The lowest BCUT2D eigenvalue weighted by Gasteiger charge is -2.22. The fourth-order valence-electron chi connectivity index (χ4n) is 4.48. The molecule has 9 heteroatoms. The first-order valence-electron chi connectivity index (χ1n) is 12.3. The Kier molecular flexibility index (Phi) is 8.91. The quantitative estimate of drug-likeness (QED) is 0.289. The third-order valence-electron chi connectivity index (χ3n) is 6.51. The van der Waals surface area contributed by atoms with E-state index in [1.54, 1.807) is 24.3 Å². The highest BCUT2D eigenvalue weighted by Gasteiger charge is 2.30. The van der Waals surface area contributed by atoms with Crippen molar-refractivity contribution < 1.29 is 33.4 Å². The minimum absolute atomic E-state index is 0.147. The number of thiophene rings is 1. The SMILES string of the molecule is COC(=O)c1c(NC(=O)CCC(=O)OCC(=O)c2ccc(OC)cc2)sc2c1CC[C@@H](c1ccccc1)C2. The summed E-state index contributed by atoms with van der Waals surface area (Å²) in [4.78, 5) is 50.7. The Labute approximate surface area is 224 Å². The summed E-state index contributed by atoms with van der Waals surface area (Å²) in [5, 5.41) is 3.22. The van der Waals surface area contributed by atoms with Crippen LogP contribution in [0.2, 0.25) is 0 Å². The molecule has 0 saturated carbocycles. The Hall–Kier alpha value is -3.98. The smallest absolute Gasteiger partial charge is 0.341 e. The van der Waals surface area contributed by atoms with Gasteiger partial charge < -0.3 is 19.5 Å². The lowest BCUT2D eigenvalue weighted by molar-refractivity contribution is -0.143. The Morgan fingerprint density at radius 3 is 2.39 bits per heavy atom. The maximum Gasteiger partial charge on any atom is 0.341 e. The number of hydrogen-bond donors (Lipinski definition) is 1. The normalized spacial score (nSPS) is 14.2. The third-order valence-corrected chi connectivity index (χ3v) is 7.68. The molecule has 1 atom stereocenters. The van der Waals surface area contributed by atoms with Crippen LogP contribution < -0.4 is 10.1 Å². The number of methoxy groups -OCH3 is 2. The predicted molar refractivity (Wildman–Crippen MR) is 143 cm³/mol. The van der Waals surface area contributed by atoms with Crippen LogP contribution in [-0.4, -0.2) is 44.5 Å². The van der Waals surface area contributed by atoms with Gasteiger partial charge in [0.2, 0.25) is 5.91 Å². The number of hydrogen-bond acceptors (Lipinski definition) is 8. The number of nitrogens with one attached hydrogen (secondary N) is 1. The van der Waals surface area contributed by atoms with Crippen molar-refractivity contribution in [1.29, 1.82) is 0 Å². The van der Waals surface area contributed by atoms with Crippen LogP contribution in [0.4, 0.5) is 5.00 Å². The molecule has 1 aromatic heterocycles. The molecule has 0 aliphatic heterocycles. The van der Waals surface area contributed by atoms with Crippen LogP contribution in [-0.2, 0) is 31.9 Å². The van der Waals surface area contributed by atoms with Crippen LogP contribution in [0, 0.1) is 0 Å². The number of ether oxygens (including phenoxy) is 3. The fourth-order valence-corrected chi connectivity index (χ4v) is 5.82. The van der Waals surface area contributed by atoms with E-state index in [-0.39, 0.29) is 18.6 Å². The molecule has 0 unspecified atom stereocenters. The molecule has 4 rings (SSSR count). The summed E-state index contributed by atoms with van der Waals surface area (Å²) in [5.41, 5.74) is 2.95. The zero-order chi connectivity index (χ0) is 27.1. The van der Waals surface area contributed by atoms with E-state index >= 15 is 0 Å². The van der Waals surface area contributed by atoms with Crippen LogP contribution in [0.3, 0.4) is 0 Å². The number of carbonyl (C=O) groups excluding carboxylic acids is 4. The maximum atomic E-state index is 12.7. The molecular weight excluding hydrogens is 506 g/mol. The number of carbonyl (C=O) groups is 4. The second kappa shape index (κ2) is 12.5. The van der Waals surface area contributed by atoms with Gasteiger partial charge in [-0.3, -0.25) is 14.4 Å². The van der Waals surface area contributed by atoms with Gasteiger partial charge in [-0.25, -0.2) is 4.79 Å². The first-order chi connectivity index (χ1) is 18.4. The molecule has 198 valence electrons. The molecule has 1 aliphatic carbocycles. The van der Waals surface area contributed by atoms with Gasteiger partial charge in [0, 0.05) is 16.9 Å². The lowest BCUT2D eigenvalue weighted by Crippen LogP contribution is -2.18. The van der Waals surface area contributed by atoms with E-state index in [0.717, 1.165) is 23.3 Å². The molecule has 38 heavy (non-hydrogen) atoms. The highest BCUT2D eigenvalue weighted by molar-refractivity contribution is 7.17. The third kappa shape index (κ3) is 6.47. The molecule has 0 saturated heterocycles. The summed E-state index contributed by atoms with van der Waals surface area (Å²) in [5.74, 6) is -0.981. The van der Waals surface area contributed by atoms with E-state index in [9.17, 15) is 19.2 Å². The van der Waals surface area contributed by atoms with Gasteiger partial charge in [0.05, 0.1) is 26.2 Å². The van der Waals surface area contributed by atoms with E-state index in [4.69, 9.17) is 14.2 Å². The van der Waals surface area contributed by atoms with Crippen molar-refractivity contribution in [2.45, 2.75) is 38.0 Å². The zero-order valence-corrected chi connectivity index (χ0v) is 22.1. The van der Waals surface area contributed by atoms with Crippen LogP contribution in [0.25, 0.3) is 0 Å². The summed E-state index contributed by atoms with van der Waals surface area (Å²) < 4.78 is 15.1. The number of amides is 1. The van der Waals surface area contributed by atoms with Gasteiger partial charge in [-0.2, -0.15) is 0 Å². The number of benzene rings is 2. The van der Waals surface area contributed by atoms with Gasteiger partial charge in [-0.05, 0) is 60.6 Å². The monoisotopic (exact) mass is 535 g/mol. The van der Waals surface area contributed by atoms with Gasteiger partial charge in [0.1, 0.15) is 10.8 Å². The topological polar surface area (TPSA) is 108 Å². The molecule has 8 nitrogen and oxygen atoms in total. The van der Waals surface area contributed by atoms with Crippen LogP contribution in [0.1, 0.15) is 61.9 Å². The molecule has 0 fully saturated rings. The summed E-state index contributed by atoms with van der Waals surface area (Å²) in [6, 6.07) is 16.7. The molecule has 2 aromatic carbocycles. The number of anilines is 1. The summed E-state index contributed by atoms with van der Waals surface area (Å²) in [6.07, 6.45) is 2.03. The maximum absolute atomic E-state index is 12.7. The Morgan fingerprint density at radius 2 is 1.71 bits per heavy atom. The van der Waals surface area contributed by atoms with E-state index in [2.05, 4.69) is 17.4 Å². The number of ketones is 1. The largest absolute Gasteiger partial charge is 0.497 e.